The zero-order chi connectivity index (χ0) is 17.8. The number of fused-ring (bicyclic) bond motifs is 1. The SMILES string of the molecule is C=C[C@H]1C[C@@H](OCc2ccccc2)[C@@H]2O[C@H](c3ccccc3)OC[C@H]2O1. The first-order chi connectivity index (χ1) is 12.8. The van der Waals surface area contributed by atoms with Gasteiger partial charge in [0.15, 0.2) is 6.29 Å². The molecule has 5 atom stereocenters. The standard InChI is InChI=1S/C22H24O4/c1-2-18-13-19(23-14-16-9-5-3-6-10-16)21-20(25-18)15-24-22(26-21)17-11-7-4-8-12-17/h2-12,18-22H,1,13-15H2/t18-,19+,20+,21-,22+/m0/s1. The van der Waals surface area contributed by atoms with Crippen LogP contribution < -0.4 is 0 Å². The first-order valence-corrected chi connectivity index (χ1v) is 9.09. The molecule has 0 unspecified atom stereocenters. The molecule has 26 heavy (non-hydrogen) atoms. The molecule has 2 aromatic carbocycles. The summed E-state index contributed by atoms with van der Waals surface area (Å²) in [5.74, 6) is 0. The highest BCUT2D eigenvalue weighted by Gasteiger charge is 2.44. The zero-order valence-corrected chi connectivity index (χ0v) is 14.7. The second-order valence-corrected chi connectivity index (χ2v) is 6.70. The number of hydrogen-bond donors (Lipinski definition) is 0. The van der Waals surface area contributed by atoms with Gasteiger partial charge in [0, 0.05) is 12.0 Å². The van der Waals surface area contributed by atoms with Gasteiger partial charge in [0.2, 0.25) is 0 Å². The van der Waals surface area contributed by atoms with Crippen molar-refractivity contribution in [1.29, 1.82) is 0 Å². The topological polar surface area (TPSA) is 36.9 Å². The van der Waals surface area contributed by atoms with Crippen molar-refractivity contribution >= 4 is 0 Å². The molecule has 0 aromatic heterocycles. The van der Waals surface area contributed by atoms with Gasteiger partial charge in [0.05, 0.1) is 25.4 Å². The van der Waals surface area contributed by atoms with Gasteiger partial charge in [-0.2, -0.15) is 0 Å². The van der Waals surface area contributed by atoms with Gasteiger partial charge in [-0.15, -0.1) is 6.58 Å². The fourth-order valence-corrected chi connectivity index (χ4v) is 3.51. The molecule has 4 rings (SSSR count). The van der Waals surface area contributed by atoms with Crippen LogP contribution in [0.3, 0.4) is 0 Å². The fourth-order valence-electron chi connectivity index (χ4n) is 3.51. The Morgan fingerprint density at radius 2 is 1.73 bits per heavy atom. The van der Waals surface area contributed by atoms with Crippen molar-refractivity contribution in [3.05, 3.63) is 84.4 Å². The van der Waals surface area contributed by atoms with E-state index in [1.54, 1.807) is 0 Å². The molecule has 0 saturated carbocycles. The first kappa shape index (κ1) is 17.4. The molecular weight excluding hydrogens is 328 g/mol. The minimum Gasteiger partial charge on any atom is -0.371 e. The third-order valence-corrected chi connectivity index (χ3v) is 4.88. The lowest BCUT2D eigenvalue weighted by Gasteiger charge is -2.45. The summed E-state index contributed by atoms with van der Waals surface area (Å²) in [5, 5.41) is 0. The maximum Gasteiger partial charge on any atom is 0.184 e. The van der Waals surface area contributed by atoms with E-state index in [4.69, 9.17) is 18.9 Å². The number of ether oxygens (including phenoxy) is 4. The highest BCUT2D eigenvalue weighted by molar-refractivity contribution is 5.17. The molecule has 0 aliphatic carbocycles. The van der Waals surface area contributed by atoms with Crippen LogP contribution in [0, 0.1) is 0 Å². The van der Waals surface area contributed by atoms with E-state index in [-0.39, 0.29) is 30.7 Å². The summed E-state index contributed by atoms with van der Waals surface area (Å²) in [7, 11) is 0. The number of hydrogen-bond acceptors (Lipinski definition) is 4. The van der Waals surface area contributed by atoms with Gasteiger partial charge >= 0.3 is 0 Å². The van der Waals surface area contributed by atoms with Crippen LogP contribution in [0.2, 0.25) is 0 Å². The van der Waals surface area contributed by atoms with Crippen LogP contribution >= 0.6 is 0 Å². The third-order valence-electron chi connectivity index (χ3n) is 4.88. The summed E-state index contributed by atoms with van der Waals surface area (Å²) in [6.45, 7) is 4.92. The van der Waals surface area contributed by atoms with Crippen molar-refractivity contribution in [1.82, 2.24) is 0 Å². The summed E-state index contributed by atoms with van der Waals surface area (Å²) in [6, 6.07) is 20.2. The number of rotatable bonds is 5. The zero-order valence-electron chi connectivity index (χ0n) is 14.7. The maximum absolute atomic E-state index is 6.26. The average Bonchev–Trinajstić information content (AvgIpc) is 2.72. The van der Waals surface area contributed by atoms with Crippen LogP contribution in [0.25, 0.3) is 0 Å². The van der Waals surface area contributed by atoms with Crippen LogP contribution in [0.5, 0.6) is 0 Å². The van der Waals surface area contributed by atoms with Gasteiger partial charge in [-0.05, 0) is 5.56 Å². The van der Waals surface area contributed by atoms with Gasteiger partial charge < -0.3 is 18.9 Å². The van der Waals surface area contributed by atoms with Crippen molar-refractivity contribution in [2.75, 3.05) is 6.61 Å². The molecule has 2 aliphatic rings. The quantitative estimate of drug-likeness (QED) is 0.762. The van der Waals surface area contributed by atoms with Crippen LogP contribution in [-0.4, -0.2) is 31.0 Å². The van der Waals surface area contributed by atoms with E-state index in [0.29, 0.717) is 13.2 Å². The molecule has 136 valence electrons. The van der Waals surface area contributed by atoms with Crippen molar-refractivity contribution in [3.63, 3.8) is 0 Å². The van der Waals surface area contributed by atoms with Crippen LogP contribution in [0.4, 0.5) is 0 Å². The Labute approximate surface area is 154 Å². The Kier molecular flexibility index (Phi) is 5.46. The second-order valence-electron chi connectivity index (χ2n) is 6.70. The summed E-state index contributed by atoms with van der Waals surface area (Å²) >= 11 is 0. The molecule has 0 N–H and O–H groups in total. The van der Waals surface area contributed by atoms with Gasteiger partial charge in [-0.1, -0.05) is 66.7 Å². The molecule has 4 nitrogen and oxygen atoms in total. The highest BCUT2D eigenvalue weighted by atomic mass is 16.7. The largest absolute Gasteiger partial charge is 0.371 e. The summed E-state index contributed by atoms with van der Waals surface area (Å²) in [4.78, 5) is 0. The summed E-state index contributed by atoms with van der Waals surface area (Å²) in [5.41, 5.74) is 2.16. The Bertz CT molecular complexity index is 703. The van der Waals surface area contributed by atoms with E-state index in [0.717, 1.165) is 17.5 Å². The molecule has 2 fully saturated rings. The molecule has 0 amide bonds. The van der Waals surface area contributed by atoms with Gasteiger partial charge in [-0.25, -0.2) is 0 Å². The van der Waals surface area contributed by atoms with E-state index in [1.165, 1.54) is 0 Å². The fraction of sp³-hybridized carbons (Fsp3) is 0.364. The molecule has 2 aliphatic heterocycles. The Morgan fingerprint density at radius 1 is 1.00 bits per heavy atom. The van der Waals surface area contributed by atoms with E-state index in [1.807, 2.05) is 54.6 Å². The Morgan fingerprint density at radius 3 is 2.46 bits per heavy atom. The minimum atomic E-state index is -0.385. The molecule has 4 heteroatoms. The van der Waals surface area contributed by atoms with Crippen molar-refractivity contribution in [3.8, 4) is 0 Å². The second kappa shape index (κ2) is 8.14. The van der Waals surface area contributed by atoms with E-state index >= 15 is 0 Å². The van der Waals surface area contributed by atoms with E-state index in [9.17, 15) is 0 Å². The average molecular weight is 352 g/mol. The summed E-state index contributed by atoms with van der Waals surface area (Å²) < 4.78 is 24.5. The van der Waals surface area contributed by atoms with Crippen molar-refractivity contribution < 1.29 is 18.9 Å². The lowest BCUT2D eigenvalue weighted by Crippen LogP contribution is -2.55. The molecule has 0 bridgehead atoms. The molecule has 2 aromatic rings. The monoisotopic (exact) mass is 352 g/mol. The maximum atomic E-state index is 6.26. The normalized spacial score (nSPS) is 31.2. The smallest absolute Gasteiger partial charge is 0.184 e. The summed E-state index contributed by atoms with van der Waals surface area (Å²) in [6.07, 6.45) is 1.77. The molecule has 2 saturated heterocycles. The molecule has 0 spiro atoms. The van der Waals surface area contributed by atoms with E-state index < -0.39 is 0 Å². The lowest BCUT2D eigenvalue weighted by atomic mass is 9.96. The van der Waals surface area contributed by atoms with Crippen LogP contribution in [0.15, 0.2) is 73.3 Å². The molecule has 0 radical (unpaired) electrons. The third kappa shape index (κ3) is 3.89. The highest BCUT2D eigenvalue weighted by Crippen LogP contribution is 2.35. The predicted molar refractivity (Wildman–Crippen MR) is 98.5 cm³/mol. The molecular formula is C22H24O4. The van der Waals surface area contributed by atoms with Gasteiger partial charge in [-0.3, -0.25) is 0 Å². The van der Waals surface area contributed by atoms with Crippen LogP contribution in [-0.2, 0) is 25.6 Å². The Balaban J connectivity index is 1.48. The van der Waals surface area contributed by atoms with Crippen molar-refractivity contribution in [2.24, 2.45) is 0 Å². The Hall–Kier alpha value is -1.98. The first-order valence-electron chi connectivity index (χ1n) is 9.09. The predicted octanol–water partition coefficient (Wildman–Crippen LogP) is 4.03. The lowest BCUT2D eigenvalue weighted by molar-refractivity contribution is -0.311. The van der Waals surface area contributed by atoms with Crippen molar-refractivity contribution in [2.45, 2.75) is 43.7 Å². The number of benzene rings is 2. The van der Waals surface area contributed by atoms with Gasteiger partial charge in [0.25, 0.3) is 0 Å². The molecule has 2 heterocycles. The van der Waals surface area contributed by atoms with E-state index in [2.05, 4.69) is 18.7 Å². The van der Waals surface area contributed by atoms with Gasteiger partial charge in [0.1, 0.15) is 12.2 Å². The minimum absolute atomic E-state index is 0.0440. The van der Waals surface area contributed by atoms with Crippen LogP contribution in [0.1, 0.15) is 23.8 Å².